The zero-order valence-corrected chi connectivity index (χ0v) is 12.1. The quantitative estimate of drug-likeness (QED) is 0.885. The molecule has 2 N–H and O–H groups in total. The van der Waals surface area contributed by atoms with E-state index in [2.05, 4.69) is 0 Å². The molecule has 1 aromatic carbocycles. The number of carboxylic acid groups (broad SMARTS) is 1. The summed E-state index contributed by atoms with van der Waals surface area (Å²) >= 11 is 5.87. The van der Waals surface area contributed by atoms with Crippen LogP contribution in [-0.4, -0.2) is 45.7 Å². The highest BCUT2D eigenvalue weighted by molar-refractivity contribution is 6.30. The summed E-state index contributed by atoms with van der Waals surface area (Å²) in [5.74, 6) is -1.26. The Bertz CT molecular complexity index is 582. The van der Waals surface area contributed by atoms with Crippen LogP contribution in [-0.2, 0) is 15.0 Å². The highest BCUT2D eigenvalue weighted by atomic mass is 35.5. The van der Waals surface area contributed by atoms with Gasteiger partial charge in [-0.05, 0) is 30.5 Å². The number of amides is 1. The monoisotopic (exact) mass is 309 g/mol. The summed E-state index contributed by atoms with van der Waals surface area (Å²) < 4.78 is 0. The topological polar surface area (TPSA) is 77.8 Å². The number of carbonyl (C=O) groups excluding carboxylic acids is 1. The molecule has 1 amide bonds. The summed E-state index contributed by atoms with van der Waals surface area (Å²) in [4.78, 5) is 25.4. The van der Waals surface area contributed by atoms with Gasteiger partial charge in [-0.3, -0.25) is 4.79 Å². The van der Waals surface area contributed by atoms with Crippen LogP contribution in [0.3, 0.4) is 0 Å². The number of hydrogen-bond donors (Lipinski definition) is 2. The van der Waals surface area contributed by atoms with Gasteiger partial charge in [0.15, 0.2) is 0 Å². The van der Waals surface area contributed by atoms with E-state index in [4.69, 9.17) is 11.6 Å². The number of benzene rings is 1. The molecule has 0 bridgehead atoms. The van der Waals surface area contributed by atoms with Crippen LogP contribution in [0.15, 0.2) is 24.3 Å². The number of aliphatic hydroxyl groups excluding tert-OH is 1. The lowest BCUT2D eigenvalue weighted by Gasteiger charge is -2.26. The first kappa shape index (κ1) is 14.4. The lowest BCUT2D eigenvalue weighted by Crippen LogP contribution is -2.45. The second-order valence-corrected chi connectivity index (χ2v) is 6.23. The Labute approximate surface area is 127 Å². The number of nitrogens with zero attached hydrogens (tertiary/aromatic N) is 1. The molecule has 0 radical (unpaired) electrons. The van der Waals surface area contributed by atoms with E-state index in [0.717, 1.165) is 5.56 Å². The number of carboxylic acids is 1. The van der Waals surface area contributed by atoms with Crippen molar-refractivity contribution >= 4 is 23.5 Å². The molecule has 2 atom stereocenters. The number of likely N-dealkylation sites (tertiary alicyclic amines) is 1. The Hall–Kier alpha value is -1.59. The van der Waals surface area contributed by atoms with Gasteiger partial charge >= 0.3 is 5.97 Å². The number of halogens is 1. The summed E-state index contributed by atoms with van der Waals surface area (Å²) in [6.45, 7) is 0.0884. The average Bonchev–Trinajstić information content (AvgIpc) is 3.15. The number of aliphatic hydroxyl groups is 1. The SMILES string of the molecule is O=C(O)[C@@H]1C[C@@H](O)CN1C(=O)C1(c2ccc(Cl)cc2)CC1. The Morgan fingerprint density at radius 1 is 1.24 bits per heavy atom. The zero-order valence-electron chi connectivity index (χ0n) is 11.3. The Morgan fingerprint density at radius 2 is 1.86 bits per heavy atom. The summed E-state index contributed by atoms with van der Waals surface area (Å²) in [5.41, 5.74) is 0.227. The average molecular weight is 310 g/mol. The predicted molar refractivity (Wildman–Crippen MR) is 76.1 cm³/mol. The molecule has 1 saturated heterocycles. The molecule has 1 aliphatic carbocycles. The fourth-order valence-electron chi connectivity index (χ4n) is 3.07. The molecule has 2 aliphatic rings. The molecule has 0 aromatic heterocycles. The van der Waals surface area contributed by atoms with Crippen LogP contribution >= 0.6 is 11.6 Å². The fourth-order valence-corrected chi connectivity index (χ4v) is 3.19. The molecule has 21 heavy (non-hydrogen) atoms. The number of β-amino-alcohol motifs (C(OH)–C–C–N with tert-alkyl or cyclic N) is 1. The first-order chi connectivity index (χ1) is 9.94. The number of carbonyl (C=O) groups is 2. The van der Waals surface area contributed by atoms with Crippen LogP contribution in [0, 0.1) is 0 Å². The first-order valence-electron chi connectivity index (χ1n) is 6.92. The van der Waals surface area contributed by atoms with Gasteiger partial charge in [0.05, 0.1) is 11.5 Å². The fraction of sp³-hybridized carbons (Fsp3) is 0.467. The van der Waals surface area contributed by atoms with Gasteiger partial charge in [-0.25, -0.2) is 4.79 Å². The van der Waals surface area contributed by atoms with Gasteiger partial charge in [-0.15, -0.1) is 0 Å². The highest BCUT2D eigenvalue weighted by Gasteiger charge is 2.56. The lowest BCUT2D eigenvalue weighted by molar-refractivity contribution is -0.149. The zero-order chi connectivity index (χ0) is 15.2. The van der Waals surface area contributed by atoms with E-state index in [1.807, 2.05) is 12.1 Å². The Morgan fingerprint density at radius 3 is 2.38 bits per heavy atom. The predicted octanol–water partition coefficient (Wildman–Crippen LogP) is 1.42. The lowest BCUT2D eigenvalue weighted by atomic mass is 9.94. The van der Waals surface area contributed by atoms with Crippen LogP contribution < -0.4 is 0 Å². The van der Waals surface area contributed by atoms with Crippen molar-refractivity contribution in [2.75, 3.05) is 6.54 Å². The minimum atomic E-state index is -1.06. The van der Waals surface area contributed by atoms with Gasteiger partial charge in [0.25, 0.3) is 0 Å². The van der Waals surface area contributed by atoms with E-state index in [0.29, 0.717) is 17.9 Å². The van der Waals surface area contributed by atoms with Crippen molar-refractivity contribution < 1.29 is 19.8 Å². The largest absolute Gasteiger partial charge is 0.480 e. The van der Waals surface area contributed by atoms with E-state index in [1.165, 1.54) is 4.90 Å². The van der Waals surface area contributed by atoms with E-state index in [1.54, 1.807) is 12.1 Å². The van der Waals surface area contributed by atoms with Crippen LogP contribution in [0.5, 0.6) is 0 Å². The number of aliphatic carboxylic acids is 1. The minimum Gasteiger partial charge on any atom is -0.480 e. The molecule has 0 unspecified atom stereocenters. The van der Waals surface area contributed by atoms with Crippen molar-refractivity contribution in [3.8, 4) is 0 Å². The third kappa shape index (κ3) is 2.40. The molecule has 6 heteroatoms. The van der Waals surface area contributed by atoms with Gasteiger partial charge in [-0.2, -0.15) is 0 Å². The third-order valence-electron chi connectivity index (χ3n) is 4.38. The second kappa shape index (κ2) is 5.00. The molecule has 3 rings (SSSR count). The van der Waals surface area contributed by atoms with Gasteiger partial charge in [0.1, 0.15) is 6.04 Å². The molecule has 2 fully saturated rings. The Kier molecular flexibility index (Phi) is 3.42. The van der Waals surface area contributed by atoms with Crippen LogP contribution in [0.4, 0.5) is 0 Å². The third-order valence-corrected chi connectivity index (χ3v) is 4.63. The maximum Gasteiger partial charge on any atom is 0.326 e. The van der Waals surface area contributed by atoms with Crippen molar-refractivity contribution in [3.63, 3.8) is 0 Å². The number of hydrogen-bond acceptors (Lipinski definition) is 3. The Balaban J connectivity index is 1.87. The first-order valence-corrected chi connectivity index (χ1v) is 7.30. The minimum absolute atomic E-state index is 0.0884. The van der Waals surface area contributed by atoms with Gasteiger partial charge in [-0.1, -0.05) is 23.7 Å². The summed E-state index contributed by atoms with van der Waals surface area (Å²) in [5, 5.41) is 19.5. The molecule has 1 aliphatic heterocycles. The van der Waals surface area contributed by atoms with Gasteiger partial charge in [0, 0.05) is 18.0 Å². The smallest absolute Gasteiger partial charge is 0.326 e. The summed E-state index contributed by atoms with van der Waals surface area (Å²) in [7, 11) is 0. The van der Waals surface area contributed by atoms with E-state index < -0.39 is 23.5 Å². The van der Waals surface area contributed by atoms with Crippen molar-refractivity contribution in [2.45, 2.75) is 36.8 Å². The van der Waals surface area contributed by atoms with E-state index in [-0.39, 0.29) is 18.9 Å². The highest BCUT2D eigenvalue weighted by Crippen LogP contribution is 2.50. The van der Waals surface area contributed by atoms with E-state index in [9.17, 15) is 19.8 Å². The van der Waals surface area contributed by atoms with Crippen LogP contribution in [0.1, 0.15) is 24.8 Å². The van der Waals surface area contributed by atoms with Gasteiger partial charge in [0.2, 0.25) is 5.91 Å². The summed E-state index contributed by atoms with van der Waals surface area (Å²) in [6, 6.07) is 6.16. The molecule has 112 valence electrons. The van der Waals surface area contributed by atoms with Crippen molar-refractivity contribution in [1.82, 2.24) is 4.90 Å². The molecular weight excluding hydrogens is 294 g/mol. The summed E-state index contributed by atoms with van der Waals surface area (Å²) in [6.07, 6.45) is 0.729. The standard InChI is InChI=1S/C15H16ClNO4/c16-10-3-1-9(2-4-10)15(5-6-15)14(21)17-8-11(18)7-12(17)13(19)20/h1-4,11-12,18H,5-8H2,(H,19,20)/t11-,12+/m1/s1. The molecule has 1 saturated carbocycles. The van der Waals surface area contributed by atoms with Crippen molar-refractivity contribution in [2.24, 2.45) is 0 Å². The second-order valence-electron chi connectivity index (χ2n) is 5.79. The molecule has 0 spiro atoms. The van der Waals surface area contributed by atoms with E-state index >= 15 is 0 Å². The molecule has 5 nitrogen and oxygen atoms in total. The van der Waals surface area contributed by atoms with Crippen molar-refractivity contribution in [3.05, 3.63) is 34.9 Å². The van der Waals surface area contributed by atoms with Crippen LogP contribution in [0.25, 0.3) is 0 Å². The maximum atomic E-state index is 12.8. The molecule has 1 heterocycles. The molecule has 1 aromatic rings. The maximum absolute atomic E-state index is 12.8. The number of rotatable bonds is 3. The van der Waals surface area contributed by atoms with Crippen LogP contribution in [0.2, 0.25) is 5.02 Å². The normalized spacial score (nSPS) is 26.7. The van der Waals surface area contributed by atoms with Gasteiger partial charge < -0.3 is 15.1 Å². The molecular formula is C15H16ClNO4. The van der Waals surface area contributed by atoms with Crippen molar-refractivity contribution in [1.29, 1.82) is 0 Å².